The zero-order chi connectivity index (χ0) is 7.98. The van der Waals surface area contributed by atoms with Gasteiger partial charge in [0.05, 0.1) is 0 Å². The summed E-state index contributed by atoms with van der Waals surface area (Å²) < 4.78 is 0. The Balaban J connectivity index is 3.82. The molecule has 0 fully saturated rings. The molecule has 0 rings (SSSR count). The van der Waals surface area contributed by atoms with Crippen LogP contribution in [0, 0.1) is 0 Å². The van der Waals surface area contributed by atoms with Gasteiger partial charge in [0.25, 0.3) is 0 Å². The van der Waals surface area contributed by atoms with Crippen molar-refractivity contribution < 1.29 is 0 Å². The minimum atomic E-state index is 0.461. The second-order valence-corrected chi connectivity index (χ2v) is 2.66. The van der Waals surface area contributed by atoms with Crippen LogP contribution in [0.25, 0.3) is 0 Å². The van der Waals surface area contributed by atoms with Crippen molar-refractivity contribution in [2.45, 2.75) is 26.3 Å². The van der Waals surface area contributed by atoms with Gasteiger partial charge < -0.3 is 5.32 Å². The summed E-state index contributed by atoms with van der Waals surface area (Å²) in [5.41, 5.74) is 1.35. The lowest BCUT2D eigenvalue weighted by molar-refractivity contribution is 0.673. The van der Waals surface area contributed by atoms with E-state index in [-0.39, 0.29) is 0 Å². The maximum Gasteiger partial charge on any atom is 0.0284 e. The molecule has 0 aromatic heterocycles. The third-order valence-electron chi connectivity index (χ3n) is 1.33. The topological polar surface area (TPSA) is 12.0 Å². The zero-order valence-corrected chi connectivity index (χ0v) is 7.15. The molecule has 0 saturated heterocycles. The molecule has 0 aromatic carbocycles. The molecule has 10 heavy (non-hydrogen) atoms. The summed E-state index contributed by atoms with van der Waals surface area (Å²) in [6, 6.07) is 0.461. The van der Waals surface area contributed by atoms with Crippen LogP contribution >= 0.6 is 0 Å². The normalized spacial score (nSPS) is 12.3. The van der Waals surface area contributed by atoms with Crippen molar-refractivity contribution >= 4 is 0 Å². The van der Waals surface area contributed by atoms with Crippen molar-refractivity contribution in [1.29, 1.82) is 0 Å². The van der Waals surface area contributed by atoms with E-state index in [0.717, 1.165) is 6.42 Å². The molecule has 1 N–H and O–H groups in total. The molecule has 0 saturated carbocycles. The average Bonchev–Trinajstić information content (AvgIpc) is 1.86. The highest BCUT2D eigenvalue weighted by atomic mass is 14.8. The Hall–Kier alpha value is -0.560. The van der Waals surface area contributed by atoms with E-state index in [9.17, 15) is 0 Å². The molecular weight excluding hydrogens is 122 g/mol. The van der Waals surface area contributed by atoms with Gasteiger partial charge in [0.15, 0.2) is 0 Å². The molecule has 58 valence electrons. The van der Waals surface area contributed by atoms with Gasteiger partial charge in [-0.05, 0) is 27.3 Å². The molecule has 0 aliphatic rings. The summed E-state index contributed by atoms with van der Waals surface area (Å²) in [7, 11) is 1.97. The maximum absolute atomic E-state index is 3.69. The van der Waals surface area contributed by atoms with Crippen LogP contribution in [0.15, 0.2) is 24.3 Å². The van der Waals surface area contributed by atoms with Crippen LogP contribution in [0.1, 0.15) is 20.3 Å². The molecule has 0 amide bonds. The van der Waals surface area contributed by atoms with Gasteiger partial charge >= 0.3 is 0 Å². The largest absolute Gasteiger partial charge is 0.313 e. The summed E-state index contributed by atoms with van der Waals surface area (Å²) in [6.45, 7) is 7.90. The van der Waals surface area contributed by atoms with Gasteiger partial charge in [-0.3, -0.25) is 0 Å². The lowest BCUT2D eigenvalue weighted by Gasteiger charge is -2.08. The second kappa shape index (κ2) is 5.24. The quantitative estimate of drug-likeness (QED) is 0.588. The van der Waals surface area contributed by atoms with E-state index >= 15 is 0 Å². The predicted octanol–water partition coefficient (Wildman–Crippen LogP) is 2.12. The van der Waals surface area contributed by atoms with Gasteiger partial charge in [0.2, 0.25) is 0 Å². The first-order chi connectivity index (χ1) is 4.70. The first-order valence-corrected chi connectivity index (χ1v) is 3.64. The number of nitrogens with one attached hydrogen (secondary N) is 1. The van der Waals surface area contributed by atoms with Crippen molar-refractivity contribution in [1.82, 2.24) is 5.32 Å². The smallest absolute Gasteiger partial charge is 0.0284 e. The highest BCUT2D eigenvalue weighted by Crippen LogP contribution is 1.98. The van der Waals surface area contributed by atoms with Crippen molar-refractivity contribution in [3.8, 4) is 0 Å². The maximum atomic E-state index is 3.69. The molecule has 0 radical (unpaired) electrons. The van der Waals surface area contributed by atoms with E-state index in [2.05, 4.69) is 31.8 Å². The van der Waals surface area contributed by atoms with Gasteiger partial charge in [-0.1, -0.05) is 17.7 Å². The van der Waals surface area contributed by atoms with E-state index < -0.39 is 0 Å². The highest BCUT2D eigenvalue weighted by molar-refractivity contribution is 5.02. The fourth-order valence-corrected chi connectivity index (χ4v) is 0.851. The van der Waals surface area contributed by atoms with Crippen LogP contribution in [0.4, 0.5) is 0 Å². The zero-order valence-electron chi connectivity index (χ0n) is 7.15. The molecule has 1 nitrogen and oxygen atoms in total. The van der Waals surface area contributed by atoms with Gasteiger partial charge in [0, 0.05) is 6.04 Å². The predicted molar refractivity (Wildman–Crippen MR) is 47.1 cm³/mol. The van der Waals surface area contributed by atoms with Gasteiger partial charge in [-0.15, -0.1) is 6.58 Å². The SMILES string of the molecule is C=CCC(C=C(C)C)NC. The Labute approximate surface area is 63.8 Å². The fraction of sp³-hybridized carbons (Fsp3) is 0.556. The number of likely N-dealkylation sites (N-methyl/N-ethyl adjacent to an activating group) is 1. The van der Waals surface area contributed by atoms with E-state index in [1.165, 1.54) is 5.57 Å². The summed E-state index contributed by atoms with van der Waals surface area (Å²) in [6.07, 6.45) is 5.14. The molecule has 0 aromatic rings. The minimum Gasteiger partial charge on any atom is -0.313 e. The van der Waals surface area contributed by atoms with Crippen molar-refractivity contribution in [3.05, 3.63) is 24.3 Å². The Morgan fingerprint density at radius 1 is 1.60 bits per heavy atom. The van der Waals surface area contributed by atoms with Crippen LogP contribution in [-0.4, -0.2) is 13.1 Å². The molecule has 0 aliphatic heterocycles. The summed E-state index contributed by atoms with van der Waals surface area (Å²) >= 11 is 0. The average molecular weight is 139 g/mol. The van der Waals surface area contributed by atoms with Gasteiger partial charge in [-0.25, -0.2) is 0 Å². The Morgan fingerprint density at radius 3 is 2.50 bits per heavy atom. The van der Waals surface area contributed by atoms with Crippen LogP contribution < -0.4 is 5.32 Å². The van der Waals surface area contributed by atoms with Gasteiger partial charge in [-0.2, -0.15) is 0 Å². The summed E-state index contributed by atoms with van der Waals surface area (Å²) in [5, 5.41) is 3.19. The van der Waals surface area contributed by atoms with E-state index in [1.807, 2.05) is 13.1 Å². The summed E-state index contributed by atoms with van der Waals surface area (Å²) in [4.78, 5) is 0. The Bertz CT molecular complexity index is 121. The Morgan fingerprint density at radius 2 is 2.20 bits per heavy atom. The molecule has 0 bridgehead atoms. The number of hydrogen-bond acceptors (Lipinski definition) is 1. The highest BCUT2D eigenvalue weighted by Gasteiger charge is 1.96. The van der Waals surface area contributed by atoms with Crippen molar-refractivity contribution in [2.24, 2.45) is 0 Å². The fourth-order valence-electron chi connectivity index (χ4n) is 0.851. The molecule has 0 heterocycles. The van der Waals surface area contributed by atoms with E-state index in [4.69, 9.17) is 0 Å². The third kappa shape index (κ3) is 4.33. The van der Waals surface area contributed by atoms with E-state index in [1.54, 1.807) is 0 Å². The van der Waals surface area contributed by atoms with Crippen LogP contribution in [-0.2, 0) is 0 Å². The van der Waals surface area contributed by atoms with Gasteiger partial charge in [0.1, 0.15) is 0 Å². The van der Waals surface area contributed by atoms with E-state index in [0.29, 0.717) is 6.04 Å². The number of rotatable bonds is 4. The summed E-state index contributed by atoms with van der Waals surface area (Å²) in [5.74, 6) is 0. The standard InChI is InChI=1S/C9H17N/c1-5-6-9(10-4)7-8(2)3/h5,7,9-10H,1,6H2,2-4H3. The monoisotopic (exact) mass is 139 g/mol. The van der Waals surface area contributed by atoms with Crippen molar-refractivity contribution in [3.63, 3.8) is 0 Å². The molecule has 0 aliphatic carbocycles. The minimum absolute atomic E-state index is 0.461. The first-order valence-electron chi connectivity index (χ1n) is 3.64. The molecule has 1 heteroatoms. The lowest BCUT2D eigenvalue weighted by Crippen LogP contribution is -2.21. The Kier molecular flexibility index (Phi) is 4.95. The molecule has 1 atom stereocenters. The van der Waals surface area contributed by atoms with Crippen LogP contribution in [0.3, 0.4) is 0 Å². The molecular formula is C9H17N. The third-order valence-corrected chi connectivity index (χ3v) is 1.33. The van der Waals surface area contributed by atoms with Crippen LogP contribution in [0.5, 0.6) is 0 Å². The molecule has 1 unspecified atom stereocenters. The van der Waals surface area contributed by atoms with Crippen molar-refractivity contribution in [2.75, 3.05) is 7.05 Å². The second-order valence-electron chi connectivity index (χ2n) is 2.66. The lowest BCUT2D eigenvalue weighted by atomic mass is 10.1. The van der Waals surface area contributed by atoms with Crippen LogP contribution in [0.2, 0.25) is 0 Å². The number of hydrogen-bond donors (Lipinski definition) is 1. The first kappa shape index (κ1) is 9.44. The number of allylic oxidation sites excluding steroid dienone is 1. The molecule has 0 spiro atoms.